The van der Waals surface area contributed by atoms with Gasteiger partial charge in [0.15, 0.2) is 0 Å². The number of benzene rings is 1. The molecule has 2 aromatic heterocycles. The van der Waals surface area contributed by atoms with Gasteiger partial charge in [0.25, 0.3) is 5.56 Å². The number of hydrogen-bond donors (Lipinski definition) is 1. The molecule has 4 rings (SSSR count). The minimum atomic E-state index is -0.672. The Bertz CT molecular complexity index is 992. The number of β-amino-alcohol motifs (C(OH)–C–C–N with tert-alkyl or cyclic N) is 1. The van der Waals surface area contributed by atoms with Crippen molar-refractivity contribution >= 4 is 17.5 Å². The third-order valence-electron chi connectivity index (χ3n) is 4.72. The molecule has 0 saturated heterocycles. The lowest BCUT2D eigenvalue weighted by Gasteiger charge is -2.32. The number of anilines is 1. The van der Waals surface area contributed by atoms with E-state index in [4.69, 9.17) is 16.6 Å². The summed E-state index contributed by atoms with van der Waals surface area (Å²) in [5.41, 5.74) is 1.76. The fraction of sp³-hybridized carbons (Fsp3) is 0.250. The number of halogens is 1. The molecular formula is C20H19ClN4O2. The van der Waals surface area contributed by atoms with Crippen molar-refractivity contribution in [1.82, 2.24) is 14.5 Å². The van der Waals surface area contributed by atoms with Crippen molar-refractivity contribution in [2.75, 3.05) is 18.0 Å². The highest BCUT2D eigenvalue weighted by Gasteiger charge is 2.25. The van der Waals surface area contributed by atoms with Gasteiger partial charge in [-0.1, -0.05) is 41.9 Å². The maximum Gasteiger partial charge on any atom is 0.274 e. The molecule has 7 heteroatoms. The quantitative estimate of drug-likeness (QED) is 0.751. The molecule has 0 amide bonds. The fourth-order valence-electron chi connectivity index (χ4n) is 3.35. The van der Waals surface area contributed by atoms with Gasteiger partial charge in [-0.2, -0.15) is 0 Å². The lowest BCUT2D eigenvalue weighted by Crippen LogP contribution is -2.41. The Balaban J connectivity index is 1.73. The van der Waals surface area contributed by atoms with Crippen LogP contribution in [0.1, 0.15) is 18.1 Å². The van der Waals surface area contributed by atoms with Gasteiger partial charge < -0.3 is 10.0 Å². The minimum Gasteiger partial charge on any atom is -0.387 e. The number of rotatable bonds is 4. The summed E-state index contributed by atoms with van der Waals surface area (Å²) in [5, 5.41) is 10.7. The van der Waals surface area contributed by atoms with Crippen molar-refractivity contribution in [3.05, 3.63) is 75.8 Å². The number of hydrogen-bond acceptors (Lipinski definition) is 5. The summed E-state index contributed by atoms with van der Waals surface area (Å²) in [6, 6.07) is 13.0. The molecule has 0 spiro atoms. The maximum absolute atomic E-state index is 12.8. The van der Waals surface area contributed by atoms with Crippen molar-refractivity contribution in [1.29, 1.82) is 0 Å². The van der Waals surface area contributed by atoms with Gasteiger partial charge in [-0.15, -0.1) is 0 Å². The van der Waals surface area contributed by atoms with Crippen LogP contribution in [0.5, 0.6) is 0 Å². The van der Waals surface area contributed by atoms with Crippen molar-refractivity contribution in [2.45, 2.75) is 19.1 Å². The van der Waals surface area contributed by atoms with Gasteiger partial charge in [0.05, 0.1) is 18.3 Å². The van der Waals surface area contributed by atoms with Crippen molar-refractivity contribution in [2.24, 2.45) is 0 Å². The third-order valence-corrected chi connectivity index (χ3v) is 5.06. The number of aliphatic hydroxyl groups is 1. The largest absolute Gasteiger partial charge is 0.387 e. The molecule has 0 bridgehead atoms. The first-order chi connectivity index (χ1) is 13.1. The van der Waals surface area contributed by atoms with E-state index >= 15 is 0 Å². The van der Waals surface area contributed by atoms with Crippen LogP contribution < -0.4 is 10.5 Å². The molecule has 3 heterocycles. The van der Waals surface area contributed by atoms with Crippen LogP contribution in [0, 0.1) is 0 Å². The van der Waals surface area contributed by atoms with E-state index in [9.17, 15) is 9.90 Å². The van der Waals surface area contributed by atoms with Gasteiger partial charge in [-0.3, -0.25) is 14.3 Å². The molecule has 0 unspecified atom stereocenters. The minimum absolute atomic E-state index is 0.107. The Hall–Kier alpha value is -2.70. The number of nitrogens with zero attached hydrogens (tertiary/aromatic N) is 4. The van der Waals surface area contributed by atoms with E-state index in [1.165, 1.54) is 0 Å². The number of pyridine rings is 1. The maximum atomic E-state index is 12.8. The molecule has 1 aliphatic heterocycles. The standard InChI is InChI=1S/C20H19ClN4O2/c21-17-18(15-7-9-22-10-8-15)23-20-24(11-4-12-25(20)19(17)27)13-16(26)14-5-2-1-3-6-14/h1-3,5-10,16,26H,4,11-13H2/t16-/m0/s1. The summed E-state index contributed by atoms with van der Waals surface area (Å²) in [7, 11) is 0. The average molecular weight is 383 g/mol. The smallest absolute Gasteiger partial charge is 0.274 e. The molecular weight excluding hydrogens is 364 g/mol. The lowest BCUT2D eigenvalue weighted by atomic mass is 10.1. The first kappa shape index (κ1) is 17.7. The second kappa shape index (κ2) is 7.50. The summed E-state index contributed by atoms with van der Waals surface area (Å²) in [6.07, 6.45) is 3.40. The second-order valence-corrected chi connectivity index (χ2v) is 6.87. The molecule has 1 atom stereocenters. The monoisotopic (exact) mass is 382 g/mol. The molecule has 1 aliphatic rings. The third kappa shape index (κ3) is 3.46. The van der Waals surface area contributed by atoms with Crippen LogP contribution in [0.15, 0.2) is 59.7 Å². The Kier molecular flexibility index (Phi) is 4.92. The molecule has 138 valence electrons. The van der Waals surface area contributed by atoms with Gasteiger partial charge >= 0.3 is 0 Å². The molecule has 3 aromatic rings. The van der Waals surface area contributed by atoms with Crippen LogP contribution in [0.4, 0.5) is 5.95 Å². The number of fused-ring (bicyclic) bond motifs is 1. The Morgan fingerprint density at radius 1 is 1.11 bits per heavy atom. The summed E-state index contributed by atoms with van der Waals surface area (Å²) in [4.78, 5) is 23.4. The predicted octanol–water partition coefficient (Wildman–Crippen LogP) is 2.90. The summed E-state index contributed by atoms with van der Waals surface area (Å²) >= 11 is 6.33. The van der Waals surface area contributed by atoms with Crippen molar-refractivity contribution in [3.63, 3.8) is 0 Å². The molecule has 6 nitrogen and oxygen atoms in total. The van der Waals surface area contributed by atoms with Crippen LogP contribution in [0.25, 0.3) is 11.3 Å². The van der Waals surface area contributed by atoms with E-state index in [1.807, 2.05) is 35.2 Å². The zero-order chi connectivity index (χ0) is 18.8. The van der Waals surface area contributed by atoms with Gasteiger partial charge in [-0.05, 0) is 24.1 Å². The highest BCUT2D eigenvalue weighted by molar-refractivity contribution is 6.32. The van der Waals surface area contributed by atoms with Crippen LogP contribution in [-0.4, -0.2) is 32.7 Å². The molecule has 27 heavy (non-hydrogen) atoms. The molecule has 0 fully saturated rings. The zero-order valence-electron chi connectivity index (χ0n) is 14.6. The van der Waals surface area contributed by atoms with E-state index in [1.54, 1.807) is 29.1 Å². The molecule has 1 N–H and O–H groups in total. The molecule has 0 saturated carbocycles. The highest BCUT2D eigenvalue weighted by atomic mass is 35.5. The Morgan fingerprint density at radius 2 is 1.85 bits per heavy atom. The molecule has 1 aromatic carbocycles. The number of aromatic nitrogens is 3. The summed E-state index contributed by atoms with van der Waals surface area (Å²) in [5.74, 6) is 0.539. The Morgan fingerprint density at radius 3 is 2.59 bits per heavy atom. The lowest BCUT2D eigenvalue weighted by molar-refractivity contribution is 0.181. The fourth-order valence-corrected chi connectivity index (χ4v) is 3.60. The first-order valence-electron chi connectivity index (χ1n) is 8.84. The summed E-state index contributed by atoms with van der Waals surface area (Å²) < 4.78 is 1.59. The van der Waals surface area contributed by atoms with E-state index in [0.717, 1.165) is 17.5 Å². The van der Waals surface area contributed by atoms with Gasteiger partial charge in [0.2, 0.25) is 5.95 Å². The van der Waals surface area contributed by atoms with E-state index in [-0.39, 0.29) is 10.6 Å². The van der Waals surface area contributed by atoms with E-state index in [0.29, 0.717) is 31.3 Å². The van der Waals surface area contributed by atoms with Crippen molar-refractivity contribution < 1.29 is 5.11 Å². The van der Waals surface area contributed by atoms with Crippen LogP contribution >= 0.6 is 11.6 Å². The van der Waals surface area contributed by atoms with Gasteiger partial charge in [0, 0.05) is 31.0 Å². The number of aliphatic hydroxyl groups excluding tert-OH is 1. The van der Waals surface area contributed by atoms with Crippen molar-refractivity contribution in [3.8, 4) is 11.3 Å². The predicted molar refractivity (Wildman–Crippen MR) is 105 cm³/mol. The molecule has 0 radical (unpaired) electrons. The Labute approximate surface area is 161 Å². The highest BCUT2D eigenvalue weighted by Crippen LogP contribution is 2.28. The topological polar surface area (TPSA) is 71.2 Å². The van der Waals surface area contributed by atoms with Crippen LogP contribution in [0.2, 0.25) is 5.02 Å². The van der Waals surface area contributed by atoms with Gasteiger partial charge in [-0.25, -0.2) is 4.98 Å². The average Bonchev–Trinajstić information content (AvgIpc) is 2.72. The SMILES string of the molecule is O=c1c(Cl)c(-c2ccncc2)nc2n1CCCN2C[C@H](O)c1ccccc1. The molecule has 0 aliphatic carbocycles. The normalized spacial score (nSPS) is 14.7. The second-order valence-electron chi connectivity index (χ2n) is 6.49. The van der Waals surface area contributed by atoms with Crippen LogP contribution in [-0.2, 0) is 6.54 Å². The summed E-state index contributed by atoms with van der Waals surface area (Å²) in [6.45, 7) is 1.64. The van der Waals surface area contributed by atoms with E-state index < -0.39 is 6.10 Å². The van der Waals surface area contributed by atoms with Gasteiger partial charge in [0.1, 0.15) is 5.02 Å². The van der Waals surface area contributed by atoms with Crippen LogP contribution in [0.3, 0.4) is 0 Å². The first-order valence-corrected chi connectivity index (χ1v) is 9.21. The van der Waals surface area contributed by atoms with E-state index in [2.05, 4.69) is 4.98 Å². The zero-order valence-corrected chi connectivity index (χ0v) is 15.4.